The highest BCUT2D eigenvalue weighted by Gasteiger charge is 2.35. The largest absolute Gasteiger partial charge is 0.481 e. The fourth-order valence-corrected chi connectivity index (χ4v) is 4.90. The van der Waals surface area contributed by atoms with E-state index >= 15 is 0 Å². The van der Waals surface area contributed by atoms with Crippen LogP contribution in [0, 0.1) is 24.7 Å². The molecule has 3 aromatic rings. The van der Waals surface area contributed by atoms with Crippen LogP contribution in [0.1, 0.15) is 62.5 Å². The first-order valence-electron chi connectivity index (χ1n) is 11.8. The molecule has 7 nitrogen and oxygen atoms in total. The van der Waals surface area contributed by atoms with Crippen LogP contribution < -0.4 is 5.32 Å². The number of halogens is 2. The standard InChI is InChI=1S/C26H29F2N5O2/c1-14-8-18(11-20(9-14)32-26-29-7-6-22(33-26)23(27)28)19-12-30-24(31-13-19)16(3)17-4-5-21(25(34)35)15(2)10-17/h6-9,11-13,15-17,21,23H,4-5,10H2,1-3H3,(H,34,35)(H,29,32,33)/t15-,16-,17-,21+/m1/s1. The Balaban J connectivity index is 1.49. The number of aromatic nitrogens is 4. The summed E-state index contributed by atoms with van der Waals surface area (Å²) < 4.78 is 25.9. The molecule has 0 saturated heterocycles. The number of aliphatic carboxylic acids is 1. The highest BCUT2D eigenvalue weighted by Crippen LogP contribution is 2.40. The quantitative estimate of drug-likeness (QED) is 0.416. The Hall–Kier alpha value is -3.49. The molecule has 1 aliphatic carbocycles. The van der Waals surface area contributed by atoms with Crippen molar-refractivity contribution in [1.29, 1.82) is 0 Å². The summed E-state index contributed by atoms with van der Waals surface area (Å²) in [6, 6.07) is 6.95. The van der Waals surface area contributed by atoms with Crippen molar-refractivity contribution in [2.24, 2.45) is 17.8 Å². The third kappa shape index (κ3) is 5.78. The van der Waals surface area contributed by atoms with Gasteiger partial charge in [0.25, 0.3) is 6.43 Å². The second kappa shape index (κ2) is 10.4. The molecule has 4 atom stereocenters. The van der Waals surface area contributed by atoms with Crippen LogP contribution in [0.4, 0.5) is 20.4 Å². The van der Waals surface area contributed by atoms with E-state index in [4.69, 9.17) is 0 Å². The first-order chi connectivity index (χ1) is 16.7. The second-order valence-corrected chi connectivity index (χ2v) is 9.43. The molecule has 0 unspecified atom stereocenters. The van der Waals surface area contributed by atoms with Gasteiger partial charge in [0.1, 0.15) is 11.5 Å². The van der Waals surface area contributed by atoms with Gasteiger partial charge in [0.15, 0.2) is 0 Å². The molecule has 184 valence electrons. The first-order valence-corrected chi connectivity index (χ1v) is 11.8. The zero-order valence-electron chi connectivity index (χ0n) is 19.9. The van der Waals surface area contributed by atoms with Gasteiger partial charge in [-0.25, -0.2) is 28.7 Å². The zero-order chi connectivity index (χ0) is 25.1. The fourth-order valence-electron chi connectivity index (χ4n) is 4.90. The van der Waals surface area contributed by atoms with Crippen molar-refractivity contribution >= 4 is 17.6 Å². The van der Waals surface area contributed by atoms with Gasteiger partial charge < -0.3 is 10.4 Å². The average Bonchev–Trinajstić information content (AvgIpc) is 2.83. The van der Waals surface area contributed by atoms with Gasteiger partial charge in [-0.2, -0.15) is 0 Å². The Morgan fingerprint density at radius 3 is 2.51 bits per heavy atom. The SMILES string of the molecule is Cc1cc(Nc2nccc(C(F)F)n2)cc(-c2cnc([C@H](C)[C@@H]3CC[C@H](C(=O)O)[C@H](C)C3)nc2)c1. The maximum absolute atomic E-state index is 13.0. The highest BCUT2D eigenvalue weighted by molar-refractivity contribution is 5.71. The van der Waals surface area contributed by atoms with E-state index in [1.807, 2.05) is 32.0 Å². The van der Waals surface area contributed by atoms with Crippen LogP contribution >= 0.6 is 0 Å². The predicted octanol–water partition coefficient (Wildman–Crippen LogP) is 6.16. The monoisotopic (exact) mass is 481 g/mol. The fraction of sp³-hybridized carbons (Fsp3) is 0.423. The van der Waals surface area contributed by atoms with E-state index in [-0.39, 0.29) is 29.4 Å². The van der Waals surface area contributed by atoms with Crippen LogP contribution in [0.25, 0.3) is 11.1 Å². The molecule has 0 bridgehead atoms. The van der Waals surface area contributed by atoms with Crippen molar-refractivity contribution in [2.45, 2.75) is 52.4 Å². The minimum Gasteiger partial charge on any atom is -0.481 e. The van der Waals surface area contributed by atoms with Crippen molar-refractivity contribution in [3.05, 3.63) is 59.9 Å². The molecule has 1 fully saturated rings. The van der Waals surface area contributed by atoms with E-state index in [1.165, 1.54) is 12.3 Å². The molecular weight excluding hydrogens is 452 g/mol. The Morgan fingerprint density at radius 1 is 1.11 bits per heavy atom. The topological polar surface area (TPSA) is 101 Å². The summed E-state index contributed by atoms with van der Waals surface area (Å²) in [5.41, 5.74) is 3.02. The number of anilines is 2. The van der Waals surface area contributed by atoms with Gasteiger partial charge in [0.05, 0.1) is 5.92 Å². The minimum atomic E-state index is -2.67. The van der Waals surface area contributed by atoms with E-state index in [0.29, 0.717) is 18.0 Å². The molecule has 35 heavy (non-hydrogen) atoms. The number of carboxylic acids is 1. The van der Waals surface area contributed by atoms with E-state index in [2.05, 4.69) is 32.2 Å². The minimum absolute atomic E-state index is 0.103. The summed E-state index contributed by atoms with van der Waals surface area (Å²) in [7, 11) is 0. The van der Waals surface area contributed by atoms with Gasteiger partial charge >= 0.3 is 5.97 Å². The summed E-state index contributed by atoms with van der Waals surface area (Å²) >= 11 is 0. The smallest absolute Gasteiger partial charge is 0.306 e. The number of carbonyl (C=O) groups is 1. The molecule has 1 aromatic carbocycles. The number of hydrogen-bond donors (Lipinski definition) is 2. The molecular formula is C26H29F2N5O2. The summed E-state index contributed by atoms with van der Waals surface area (Å²) in [5, 5.41) is 12.4. The number of nitrogens with zero attached hydrogens (tertiary/aromatic N) is 4. The van der Waals surface area contributed by atoms with Crippen molar-refractivity contribution in [2.75, 3.05) is 5.32 Å². The average molecular weight is 482 g/mol. The molecule has 0 aliphatic heterocycles. The van der Waals surface area contributed by atoms with Gasteiger partial charge in [-0.1, -0.05) is 19.9 Å². The van der Waals surface area contributed by atoms with Crippen LogP contribution in [0.2, 0.25) is 0 Å². The van der Waals surface area contributed by atoms with E-state index in [9.17, 15) is 18.7 Å². The van der Waals surface area contributed by atoms with Crippen LogP contribution in [0.15, 0.2) is 42.9 Å². The van der Waals surface area contributed by atoms with E-state index in [1.54, 1.807) is 12.4 Å². The number of carboxylic acid groups (broad SMARTS) is 1. The van der Waals surface area contributed by atoms with Gasteiger partial charge in [-0.15, -0.1) is 0 Å². The maximum atomic E-state index is 13.0. The van der Waals surface area contributed by atoms with Crippen LogP contribution in [0.5, 0.6) is 0 Å². The maximum Gasteiger partial charge on any atom is 0.306 e. The molecule has 0 spiro atoms. The van der Waals surface area contributed by atoms with Crippen molar-refractivity contribution in [1.82, 2.24) is 19.9 Å². The number of nitrogens with one attached hydrogen (secondary N) is 1. The lowest BCUT2D eigenvalue weighted by Crippen LogP contribution is -2.31. The first kappa shape index (κ1) is 24.6. The normalized spacial score (nSPS) is 21.0. The van der Waals surface area contributed by atoms with E-state index in [0.717, 1.165) is 35.4 Å². The van der Waals surface area contributed by atoms with Crippen LogP contribution in [0.3, 0.4) is 0 Å². The number of hydrogen-bond acceptors (Lipinski definition) is 6. The van der Waals surface area contributed by atoms with Gasteiger partial charge in [-0.3, -0.25) is 4.79 Å². The Kier molecular flexibility index (Phi) is 7.33. The predicted molar refractivity (Wildman–Crippen MR) is 129 cm³/mol. The lowest BCUT2D eigenvalue weighted by molar-refractivity contribution is -0.145. The molecule has 2 heterocycles. The molecule has 4 rings (SSSR count). The lowest BCUT2D eigenvalue weighted by atomic mass is 9.71. The zero-order valence-corrected chi connectivity index (χ0v) is 19.9. The number of benzene rings is 1. The Morgan fingerprint density at radius 2 is 1.86 bits per heavy atom. The Labute approximate surface area is 203 Å². The summed E-state index contributed by atoms with van der Waals surface area (Å²) in [6.45, 7) is 6.06. The van der Waals surface area contributed by atoms with Gasteiger partial charge in [-0.05, 0) is 67.3 Å². The van der Waals surface area contributed by atoms with Gasteiger partial charge in [0, 0.05) is 35.8 Å². The van der Waals surface area contributed by atoms with Crippen molar-refractivity contribution in [3.8, 4) is 11.1 Å². The van der Waals surface area contributed by atoms with Crippen LogP contribution in [-0.2, 0) is 4.79 Å². The summed E-state index contributed by atoms with van der Waals surface area (Å²) in [6.07, 6.45) is 4.61. The number of rotatable bonds is 7. The molecule has 0 radical (unpaired) electrons. The van der Waals surface area contributed by atoms with E-state index < -0.39 is 12.4 Å². The molecule has 0 amide bonds. The Bertz CT molecular complexity index is 1190. The number of aryl methyl sites for hydroxylation is 1. The summed E-state index contributed by atoms with van der Waals surface area (Å²) in [4.78, 5) is 28.6. The van der Waals surface area contributed by atoms with Crippen molar-refractivity contribution in [3.63, 3.8) is 0 Å². The summed E-state index contributed by atoms with van der Waals surface area (Å²) in [5.74, 6) is 0.505. The molecule has 2 N–H and O–H groups in total. The highest BCUT2D eigenvalue weighted by atomic mass is 19.3. The lowest BCUT2D eigenvalue weighted by Gasteiger charge is -2.34. The number of alkyl halides is 2. The molecule has 1 aliphatic rings. The molecule has 2 aromatic heterocycles. The van der Waals surface area contributed by atoms with Crippen molar-refractivity contribution < 1.29 is 18.7 Å². The molecule has 1 saturated carbocycles. The van der Waals surface area contributed by atoms with Crippen LogP contribution in [-0.4, -0.2) is 31.0 Å². The second-order valence-electron chi connectivity index (χ2n) is 9.43. The molecule has 9 heteroatoms. The van der Waals surface area contributed by atoms with Gasteiger partial charge in [0.2, 0.25) is 5.95 Å². The third-order valence-electron chi connectivity index (χ3n) is 6.88. The third-order valence-corrected chi connectivity index (χ3v) is 6.88.